The van der Waals surface area contributed by atoms with Crippen LogP contribution < -0.4 is 0 Å². The van der Waals surface area contributed by atoms with E-state index < -0.39 is 5.97 Å². The van der Waals surface area contributed by atoms with Crippen LogP contribution in [0.25, 0.3) is 22.2 Å². The minimum absolute atomic E-state index is 0.142. The zero-order valence-corrected chi connectivity index (χ0v) is 15.5. The van der Waals surface area contributed by atoms with Crippen molar-refractivity contribution in [3.8, 4) is 17.3 Å². The van der Waals surface area contributed by atoms with E-state index in [4.69, 9.17) is 9.47 Å². The van der Waals surface area contributed by atoms with Crippen LogP contribution in [0.15, 0.2) is 36.5 Å². The van der Waals surface area contributed by atoms with Crippen LogP contribution in [-0.4, -0.2) is 41.1 Å². The highest BCUT2D eigenvalue weighted by molar-refractivity contribution is 5.92. The van der Waals surface area contributed by atoms with Crippen molar-refractivity contribution >= 4 is 16.9 Å². The predicted molar refractivity (Wildman–Crippen MR) is 100 cm³/mol. The van der Waals surface area contributed by atoms with Gasteiger partial charge in [-0.15, -0.1) is 0 Å². The van der Waals surface area contributed by atoms with Crippen LogP contribution in [0.4, 0.5) is 0 Å². The molecule has 0 amide bonds. The second-order valence-corrected chi connectivity index (χ2v) is 6.29. The smallest absolute Gasteiger partial charge is 0.338 e. The number of nitrogens with zero attached hydrogens (tertiary/aromatic N) is 4. The number of ether oxygens (including phenoxy) is 2. The average molecular weight is 364 g/mol. The summed E-state index contributed by atoms with van der Waals surface area (Å²) in [5, 5.41) is 14.5. The third-order valence-electron chi connectivity index (χ3n) is 4.11. The van der Waals surface area contributed by atoms with E-state index in [0.717, 1.165) is 16.5 Å². The minimum Gasteiger partial charge on any atom is -0.460 e. The lowest BCUT2D eigenvalue weighted by Gasteiger charge is -2.08. The van der Waals surface area contributed by atoms with Crippen molar-refractivity contribution in [1.82, 2.24) is 14.8 Å². The fraction of sp³-hybridized carbons (Fsp3) is 0.300. The van der Waals surface area contributed by atoms with E-state index in [1.165, 1.54) is 0 Å². The molecule has 3 aromatic rings. The molecule has 0 N–H and O–H groups in total. The molecule has 0 bridgehead atoms. The zero-order valence-electron chi connectivity index (χ0n) is 15.5. The van der Waals surface area contributed by atoms with Gasteiger partial charge in [-0.05, 0) is 38.1 Å². The van der Waals surface area contributed by atoms with Gasteiger partial charge in [-0.2, -0.15) is 10.4 Å². The molecule has 7 nitrogen and oxygen atoms in total. The number of nitriles is 1. The van der Waals surface area contributed by atoms with Crippen LogP contribution in [0.2, 0.25) is 0 Å². The molecule has 0 saturated carbocycles. The Morgan fingerprint density at radius 2 is 2.07 bits per heavy atom. The number of carbonyl (C=O) groups is 1. The second-order valence-electron chi connectivity index (χ2n) is 6.29. The van der Waals surface area contributed by atoms with Crippen molar-refractivity contribution in [2.75, 3.05) is 20.3 Å². The Hall–Kier alpha value is -3.24. The van der Waals surface area contributed by atoms with Crippen molar-refractivity contribution in [2.45, 2.75) is 19.9 Å². The molecular weight excluding hydrogens is 344 g/mol. The standard InChI is InChI=1S/C20H20N4O3/c1-13(2)24-19-5-4-14(10-16(19)18(12-21)23-24)17-11-15(6-7-22-17)20(25)27-9-8-26-3/h4-7,10-11,13H,8-9H2,1-3H3. The first-order chi connectivity index (χ1) is 13.0. The number of hydrogen-bond acceptors (Lipinski definition) is 6. The number of esters is 1. The Morgan fingerprint density at radius 3 is 2.78 bits per heavy atom. The van der Waals surface area contributed by atoms with Gasteiger partial charge in [-0.1, -0.05) is 6.07 Å². The van der Waals surface area contributed by atoms with E-state index in [1.807, 2.05) is 36.7 Å². The summed E-state index contributed by atoms with van der Waals surface area (Å²) >= 11 is 0. The SMILES string of the molecule is COCCOC(=O)c1ccnc(-c2ccc3c(c2)c(C#N)nn3C(C)C)c1. The van der Waals surface area contributed by atoms with Gasteiger partial charge < -0.3 is 9.47 Å². The molecule has 2 aromatic heterocycles. The van der Waals surface area contributed by atoms with Gasteiger partial charge in [0.1, 0.15) is 12.7 Å². The molecule has 2 heterocycles. The number of benzene rings is 1. The largest absolute Gasteiger partial charge is 0.460 e. The fourth-order valence-corrected chi connectivity index (χ4v) is 2.79. The molecular formula is C20H20N4O3. The van der Waals surface area contributed by atoms with Crippen molar-refractivity contribution in [1.29, 1.82) is 5.26 Å². The molecule has 0 aliphatic carbocycles. The molecule has 0 aliphatic heterocycles. The van der Waals surface area contributed by atoms with Gasteiger partial charge in [0, 0.05) is 30.3 Å². The van der Waals surface area contributed by atoms with E-state index in [9.17, 15) is 10.1 Å². The Bertz CT molecular complexity index is 1020. The lowest BCUT2D eigenvalue weighted by atomic mass is 10.1. The summed E-state index contributed by atoms with van der Waals surface area (Å²) in [6.07, 6.45) is 1.56. The van der Waals surface area contributed by atoms with Gasteiger partial charge in [0.05, 0.1) is 23.4 Å². The highest BCUT2D eigenvalue weighted by Gasteiger charge is 2.15. The summed E-state index contributed by atoms with van der Waals surface area (Å²) in [6.45, 7) is 4.57. The minimum atomic E-state index is -0.429. The molecule has 0 atom stereocenters. The maximum Gasteiger partial charge on any atom is 0.338 e. The molecule has 7 heteroatoms. The quantitative estimate of drug-likeness (QED) is 0.492. The van der Waals surface area contributed by atoms with Gasteiger partial charge in [0.2, 0.25) is 0 Å². The van der Waals surface area contributed by atoms with Crippen LogP contribution in [-0.2, 0) is 9.47 Å². The molecule has 0 aliphatic rings. The average Bonchev–Trinajstić information content (AvgIpc) is 3.06. The van der Waals surface area contributed by atoms with E-state index in [2.05, 4.69) is 16.2 Å². The molecule has 0 saturated heterocycles. The second kappa shape index (κ2) is 7.98. The van der Waals surface area contributed by atoms with Crippen LogP contribution in [0.5, 0.6) is 0 Å². The third kappa shape index (κ3) is 3.81. The van der Waals surface area contributed by atoms with Crippen LogP contribution in [0.1, 0.15) is 35.9 Å². The molecule has 0 unspecified atom stereocenters. The molecule has 0 fully saturated rings. The first-order valence-corrected chi connectivity index (χ1v) is 8.60. The summed E-state index contributed by atoms with van der Waals surface area (Å²) in [5.41, 5.74) is 3.10. The van der Waals surface area contributed by atoms with Gasteiger partial charge >= 0.3 is 5.97 Å². The third-order valence-corrected chi connectivity index (χ3v) is 4.11. The van der Waals surface area contributed by atoms with E-state index in [0.29, 0.717) is 23.6 Å². The van der Waals surface area contributed by atoms with Gasteiger partial charge in [-0.25, -0.2) is 4.79 Å². The Kier molecular flexibility index (Phi) is 5.48. The monoisotopic (exact) mass is 364 g/mol. The number of fused-ring (bicyclic) bond motifs is 1. The number of carbonyl (C=O) groups excluding carboxylic acids is 1. The van der Waals surface area contributed by atoms with Gasteiger partial charge in [0.25, 0.3) is 0 Å². The summed E-state index contributed by atoms with van der Waals surface area (Å²) in [6, 6.07) is 11.3. The van der Waals surface area contributed by atoms with Crippen LogP contribution in [0.3, 0.4) is 0 Å². The van der Waals surface area contributed by atoms with E-state index in [-0.39, 0.29) is 12.6 Å². The number of hydrogen-bond donors (Lipinski definition) is 0. The Balaban J connectivity index is 1.97. The normalized spacial score (nSPS) is 10.9. The van der Waals surface area contributed by atoms with Crippen molar-refractivity contribution in [2.24, 2.45) is 0 Å². The topological polar surface area (TPSA) is 90.0 Å². The van der Waals surface area contributed by atoms with Crippen LogP contribution >= 0.6 is 0 Å². The fourth-order valence-electron chi connectivity index (χ4n) is 2.79. The molecule has 138 valence electrons. The summed E-state index contributed by atoms with van der Waals surface area (Å²) in [7, 11) is 1.55. The highest BCUT2D eigenvalue weighted by Crippen LogP contribution is 2.27. The zero-order chi connectivity index (χ0) is 19.4. The number of pyridine rings is 1. The maximum absolute atomic E-state index is 12.1. The molecule has 27 heavy (non-hydrogen) atoms. The Morgan fingerprint density at radius 1 is 1.26 bits per heavy atom. The maximum atomic E-state index is 12.1. The van der Waals surface area contributed by atoms with Crippen molar-refractivity contribution in [3.63, 3.8) is 0 Å². The number of rotatable bonds is 6. The molecule has 1 aromatic carbocycles. The van der Waals surface area contributed by atoms with Crippen LogP contribution in [0, 0.1) is 11.3 Å². The first kappa shape index (κ1) is 18.5. The summed E-state index contributed by atoms with van der Waals surface area (Å²) < 4.78 is 11.9. The Labute approximate surface area is 157 Å². The highest BCUT2D eigenvalue weighted by atomic mass is 16.6. The lowest BCUT2D eigenvalue weighted by molar-refractivity contribution is 0.0388. The molecule has 0 spiro atoms. The van der Waals surface area contributed by atoms with E-state index >= 15 is 0 Å². The van der Waals surface area contributed by atoms with E-state index in [1.54, 1.807) is 25.4 Å². The van der Waals surface area contributed by atoms with Crippen molar-refractivity contribution in [3.05, 3.63) is 47.8 Å². The van der Waals surface area contributed by atoms with Crippen molar-refractivity contribution < 1.29 is 14.3 Å². The lowest BCUT2D eigenvalue weighted by Crippen LogP contribution is -2.10. The summed E-state index contributed by atoms with van der Waals surface area (Å²) in [5.74, 6) is -0.429. The first-order valence-electron chi connectivity index (χ1n) is 8.60. The molecule has 3 rings (SSSR count). The number of methoxy groups -OCH3 is 1. The summed E-state index contributed by atoms with van der Waals surface area (Å²) in [4.78, 5) is 16.5. The molecule has 0 radical (unpaired) electrons. The van der Waals surface area contributed by atoms with Gasteiger partial charge in [0.15, 0.2) is 5.69 Å². The van der Waals surface area contributed by atoms with Gasteiger partial charge in [-0.3, -0.25) is 9.67 Å². The number of aromatic nitrogens is 3. The predicted octanol–water partition coefficient (Wildman–Crippen LogP) is 3.35.